The lowest BCUT2D eigenvalue weighted by atomic mass is 9.70. The topological polar surface area (TPSA) is 63.2 Å². The number of sulfonamides is 1. The van der Waals surface area contributed by atoms with Crippen LogP contribution in [0.4, 0.5) is 0 Å². The molecule has 0 heterocycles. The molecule has 3 saturated carbocycles. The molecule has 2 bridgehead atoms. The number of ketones is 1. The van der Waals surface area contributed by atoms with Gasteiger partial charge in [0, 0.05) is 17.9 Å². The minimum absolute atomic E-state index is 0.00838. The van der Waals surface area contributed by atoms with Crippen LogP contribution in [-0.2, 0) is 14.8 Å². The number of Topliss-reactive ketones (excluding diaryl/α,β-unsaturated/α-hetero) is 1. The molecule has 4 atom stereocenters. The normalized spacial score (nSPS) is 41.0. The summed E-state index contributed by atoms with van der Waals surface area (Å²) in [5, 5.41) is 0. The van der Waals surface area contributed by atoms with Crippen LogP contribution in [0, 0.1) is 22.7 Å². The average Bonchev–Trinajstić information content (AvgIpc) is 2.74. The van der Waals surface area contributed by atoms with Crippen molar-refractivity contribution in [3.05, 3.63) is 0 Å². The highest BCUT2D eigenvalue weighted by Gasteiger charge is 2.65. The van der Waals surface area contributed by atoms with Crippen molar-refractivity contribution in [1.29, 1.82) is 0 Å². The first kappa shape index (κ1) is 16.4. The molecule has 0 spiro atoms. The van der Waals surface area contributed by atoms with Crippen molar-refractivity contribution >= 4 is 15.8 Å². The number of carbonyl (C=O) groups is 1. The largest absolute Gasteiger partial charge is 0.299 e. The fourth-order valence-corrected chi connectivity index (χ4v) is 7.42. The molecule has 0 unspecified atom stereocenters. The third-order valence-corrected chi connectivity index (χ3v) is 8.55. The summed E-state index contributed by atoms with van der Waals surface area (Å²) in [6, 6.07) is 0.0481. The molecule has 0 saturated heterocycles. The second-order valence-electron chi connectivity index (χ2n) is 8.41. The third kappa shape index (κ3) is 2.44. The lowest BCUT2D eigenvalue weighted by Crippen LogP contribution is -2.49. The molecule has 3 rings (SSSR count). The second kappa shape index (κ2) is 5.30. The van der Waals surface area contributed by atoms with Crippen LogP contribution in [0.5, 0.6) is 0 Å². The molecule has 22 heavy (non-hydrogen) atoms. The van der Waals surface area contributed by atoms with Crippen molar-refractivity contribution in [1.82, 2.24) is 4.72 Å². The maximum atomic E-state index is 12.8. The molecule has 3 aliphatic carbocycles. The Morgan fingerprint density at radius 2 is 1.86 bits per heavy atom. The summed E-state index contributed by atoms with van der Waals surface area (Å²) in [5.74, 6) is 0.926. The number of hydrogen-bond acceptors (Lipinski definition) is 3. The molecule has 3 fully saturated rings. The number of hydrogen-bond donors (Lipinski definition) is 1. The van der Waals surface area contributed by atoms with Gasteiger partial charge in [-0.2, -0.15) is 0 Å². The van der Waals surface area contributed by atoms with Crippen LogP contribution in [0.15, 0.2) is 0 Å². The molecular weight excluding hydrogens is 298 g/mol. The van der Waals surface area contributed by atoms with Gasteiger partial charge in [-0.05, 0) is 42.9 Å². The fourth-order valence-electron chi connectivity index (χ4n) is 5.20. The van der Waals surface area contributed by atoms with E-state index in [0.717, 1.165) is 32.1 Å². The van der Waals surface area contributed by atoms with E-state index in [4.69, 9.17) is 0 Å². The van der Waals surface area contributed by atoms with Gasteiger partial charge in [-0.3, -0.25) is 4.79 Å². The van der Waals surface area contributed by atoms with Crippen LogP contribution in [0.3, 0.4) is 0 Å². The lowest BCUT2D eigenvalue weighted by Gasteiger charge is -2.37. The summed E-state index contributed by atoms with van der Waals surface area (Å²) >= 11 is 0. The molecule has 0 radical (unpaired) electrons. The first-order valence-electron chi connectivity index (χ1n) is 8.71. The van der Waals surface area contributed by atoms with Gasteiger partial charge in [-0.15, -0.1) is 0 Å². The first-order valence-corrected chi connectivity index (χ1v) is 10.4. The van der Waals surface area contributed by atoms with Crippen molar-refractivity contribution in [2.75, 3.05) is 5.75 Å². The molecular formula is C17H29NO3S. The van der Waals surface area contributed by atoms with Crippen LogP contribution in [0.2, 0.25) is 0 Å². The van der Waals surface area contributed by atoms with Gasteiger partial charge in [-0.1, -0.05) is 33.6 Å². The number of fused-ring (bicyclic) bond motifs is 2. The summed E-state index contributed by atoms with van der Waals surface area (Å²) in [4.78, 5) is 12.5. The standard InChI is InChI=1S/C17H29NO3S/c1-12-6-4-5-7-14(12)18-22(20,21)11-17-9-8-13(10-15(17)19)16(17,2)3/h12-14,18H,4-11H2,1-3H3/t12-,13-,14+,17-/m0/s1. The predicted molar refractivity (Wildman–Crippen MR) is 86.9 cm³/mol. The van der Waals surface area contributed by atoms with E-state index >= 15 is 0 Å². The van der Waals surface area contributed by atoms with E-state index < -0.39 is 15.4 Å². The lowest BCUT2D eigenvalue weighted by molar-refractivity contribution is -0.128. The van der Waals surface area contributed by atoms with Gasteiger partial charge in [0.15, 0.2) is 0 Å². The second-order valence-corrected chi connectivity index (χ2v) is 10.2. The molecule has 0 aromatic carbocycles. The highest BCUT2D eigenvalue weighted by atomic mass is 32.2. The van der Waals surface area contributed by atoms with Crippen molar-refractivity contribution < 1.29 is 13.2 Å². The zero-order valence-electron chi connectivity index (χ0n) is 14.0. The minimum atomic E-state index is -3.42. The number of rotatable bonds is 4. The zero-order valence-corrected chi connectivity index (χ0v) is 14.8. The number of carbonyl (C=O) groups excluding carboxylic acids is 1. The van der Waals surface area contributed by atoms with Gasteiger partial charge in [0.05, 0.1) is 5.75 Å². The summed E-state index contributed by atoms with van der Waals surface area (Å²) in [6.07, 6.45) is 6.60. The summed E-state index contributed by atoms with van der Waals surface area (Å²) in [5.41, 5.74) is -0.835. The fraction of sp³-hybridized carbons (Fsp3) is 0.941. The molecule has 0 aromatic heterocycles. The number of nitrogens with one attached hydrogen (secondary N) is 1. The van der Waals surface area contributed by atoms with Crippen LogP contribution in [0.25, 0.3) is 0 Å². The Labute approximate surface area is 134 Å². The highest BCUT2D eigenvalue weighted by Crippen LogP contribution is 2.64. The molecule has 0 aliphatic heterocycles. The molecule has 0 amide bonds. The summed E-state index contributed by atoms with van der Waals surface area (Å²) in [6.45, 7) is 6.31. The van der Waals surface area contributed by atoms with Crippen molar-refractivity contribution in [2.24, 2.45) is 22.7 Å². The Hall–Kier alpha value is -0.420. The molecule has 126 valence electrons. The Morgan fingerprint density at radius 1 is 1.18 bits per heavy atom. The monoisotopic (exact) mass is 327 g/mol. The smallest absolute Gasteiger partial charge is 0.212 e. The maximum Gasteiger partial charge on any atom is 0.212 e. The van der Waals surface area contributed by atoms with E-state index in [0.29, 0.717) is 18.3 Å². The third-order valence-electron chi connectivity index (χ3n) is 7.02. The van der Waals surface area contributed by atoms with Crippen LogP contribution in [-0.4, -0.2) is 26.0 Å². The molecule has 3 aliphatic rings. The van der Waals surface area contributed by atoms with Gasteiger partial charge >= 0.3 is 0 Å². The summed E-state index contributed by atoms with van der Waals surface area (Å²) < 4.78 is 28.4. The van der Waals surface area contributed by atoms with Gasteiger partial charge < -0.3 is 0 Å². The van der Waals surface area contributed by atoms with Gasteiger partial charge in [-0.25, -0.2) is 13.1 Å². The van der Waals surface area contributed by atoms with Crippen molar-refractivity contribution in [3.8, 4) is 0 Å². The van der Waals surface area contributed by atoms with Gasteiger partial charge in [0.1, 0.15) is 5.78 Å². The Kier molecular flexibility index (Phi) is 3.96. The Bertz CT molecular complexity index is 568. The minimum Gasteiger partial charge on any atom is -0.299 e. The maximum absolute atomic E-state index is 12.8. The van der Waals surface area contributed by atoms with E-state index in [1.165, 1.54) is 6.42 Å². The van der Waals surface area contributed by atoms with Crippen molar-refractivity contribution in [2.45, 2.75) is 71.8 Å². The molecule has 4 nitrogen and oxygen atoms in total. The van der Waals surface area contributed by atoms with Crippen molar-refractivity contribution in [3.63, 3.8) is 0 Å². The van der Waals surface area contributed by atoms with E-state index in [9.17, 15) is 13.2 Å². The van der Waals surface area contributed by atoms with Crippen LogP contribution in [0.1, 0.15) is 65.7 Å². The van der Waals surface area contributed by atoms with E-state index in [1.54, 1.807) is 0 Å². The molecule has 0 aromatic rings. The highest BCUT2D eigenvalue weighted by molar-refractivity contribution is 7.89. The SMILES string of the molecule is C[C@H]1CCCC[C@H]1NS(=O)(=O)C[C@@]12CC[C@@H](CC1=O)C2(C)C. The first-order chi connectivity index (χ1) is 10.2. The van der Waals surface area contributed by atoms with Gasteiger partial charge in [0.2, 0.25) is 10.0 Å². The molecule has 5 heteroatoms. The van der Waals surface area contributed by atoms with Crippen LogP contribution < -0.4 is 4.72 Å². The van der Waals surface area contributed by atoms with E-state index in [1.807, 2.05) is 0 Å². The van der Waals surface area contributed by atoms with E-state index in [2.05, 4.69) is 25.5 Å². The average molecular weight is 327 g/mol. The quantitative estimate of drug-likeness (QED) is 0.863. The Morgan fingerprint density at radius 3 is 2.41 bits per heavy atom. The van der Waals surface area contributed by atoms with Crippen LogP contribution >= 0.6 is 0 Å². The summed E-state index contributed by atoms with van der Waals surface area (Å²) in [7, 11) is -3.42. The molecule has 1 N–H and O–H groups in total. The van der Waals surface area contributed by atoms with Gasteiger partial charge in [0.25, 0.3) is 0 Å². The Balaban J connectivity index is 1.78. The predicted octanol–water partition coefficient (Wildman–Crippen LogP) is 2.88. The zero-order chi connectivity index (χ0) is 16.2. The van der Waals surface area contributed by atoms with E-state index in [-0.39, 0.29) is 23.0 Å².